The van der Waals surface area contributed by atoms with Gasteiger partial charge in [-0.05, 0) is 43.0 Å². The molecule has 6 nitrogen and oxygen atoms in total. The molecule has 0 amide bonds. The summed E-state index contributed by atoms with van der Waals surface area (Å²) in [7, 11) is 0. The van der Waals surface area contributed by atoms with Gasteiger partial charge in [0.1, 0.15) is 5.82 Å². The van der Waals surface area contributed by atoms with Crippen LogP contribution in [0.25, 0.3) is 0 Å². The van der Waals surface area contributed by atoms with E-state index in [-0.39, 0.29) is 5.56 Å². The van der Waals surface area contributed by atoms with Gasteiger partial charge in [-0.2, -0.15) is 0 Å². The van der Waals surface area contributed by atoms with Gasteiger partial charge in [0.2, 0.25) is 0 Å². The summed E-state index contributed by atoms with van der Waals surface area (Å²) < 4.78 is 11.9. The van der Waals surface area contributed by atoms with Crippen LogP contribution < -0.4 is 14.4 Å². The van der Waals surface area contributed by atoms with E-state index in [0.29, 0.717) is 43.2 Å². The SMILES string of the molecule is CCN(c1ccc(OCC(C)C)c(OCC(C)C)c1)c1ccc(C(=O)O)cn1. The van der Waals surface area contributed by atoms with Gasteiger partial charge in [-0.15, -0.1) is 0 Å². The molecule has 6 heteroatoms. The van der Waals surface area contributed by atoms with Crippen molar-refractivity contribution in [3.05, 3.63) is 42.1 Å². The summed E-state index contributed by atoms with van der Waals surface area (Å²) in [6.07, 6.45) is 1.37. The number of carboxylic acids is 1. The summed E-state index contributed by atoms with van der Waals surface area (Å²) >= 11 is 0. The number of rotatable bonds is 10. The van der Waals surface area contributed by atoms with Gasteiger partial charge < -0.3 is 19.5 Å². The van der Waals surface area contributed by atoms with Crippen molar-refractivity contribution in [2.24, 2.45) is 11.8 Å². The van der Waals surface area contributed by atoms with E-state index in [0.717, 1.165) is 11.4 Å². The second kappa shape index (κ2) is 9.97. The Morgan fingerprint density at radius 2 is 1.68 bits per heavy atom. The van der Waals surface area contributed by atoms with Crippen LogP contribution in [0.2, 0.25) is 0 Å². The summed E-state index contributed by atoms with van der Waals surface area (Å²) in [5.74, 6) is 1.93. The summed E-state index contributed by atoms with van der Waals surface area (Å²) in [5, 5.41) is 9.06. The number of nitrogens with zero attached hydrogens (tertiary/aromatic N) is 2. The fourth-order valence-corrected chi connectivity index (χ4v) is 2.56. The van der Waals surface area contributed by atoms with E-state index in [1.807, 2.05) is 30.0 Å². The van der Waals surface area contributed by atoms with Crippen LogP contribution in [0.1, 0.15) is 45.0 Å². The zero-order chi connectivity index (χ0) is 20.7. The van der Waals surface area contributed by atoms with Crippen LogP contribution in [-0.2, 0) is 0 Å². The minimum Gasteiger partial charge on any atom is -0.489 e. The van der Waals surface area contributed by atoms with Crippen molar-refractivity contribution in [2.45, 2.75) is 34.6 Å². The number of benzene rings is 1. The maximum absolute atomic E-state index is 11.1. The Morgan fingerprint density at radius 3 is 2.18 bits per heavy atom. The Labute approximate surface area is 167 Å². The zero-order valence-corrected chi connectivity index (χ0v) is 17.3. The molecule has 0 atom stereocenters. The summed E-state index contributed by atoms with van der Waals surface area (Å²) in [5.41, 5.74) is 1.08. The minimum atomic E-state index is -0.988. The van der Waals surface area contributed by atoms with Crippen molar-refractivity contribution < 1.29 is 19.4 Å². The van der Waals surface area contributed by atoms with E-state index in [4.69, 9.17) is 14.6 Å². The molecule has 0 radical (unpaired) electrons. The fourth-order valence-electron chi connectivity index (χ4n) is 2.56. The molecule has 1 N–H and O–H groups in total. The summed E-state index contributed by atoms with van der Waals surface area (Å²) in [6.45, 7) is 12.3. The smallest absolute Gasteiger partial charge is 0.337 e. The average molecular weight is 386 g/mol. The molecule has 0 fully saturated rings. The lowest BCUT2D eigenvalue weighted by atomic mass is 10.2. The molecule has 0 aliphatic carbocycles. The summed E-state index contributed by atoms with van der Waals surface area (Å²) in [4.78, 5) is 17.4. The number of carboxylic acid groups (broad SMARTS) is 1. The van der Waals surface area contributed by atoms with Crippen LogP contribution in [0, 0.1) is 11.8 Å². The monoisotopic (exact) mass is 386 g/mol. The van der Waals surface area contributed by atoms with Gasteiger partial charge in [0.05, 0.1) is 18.8 Å². The van der Waals surface area contributed by atoms with Crippen LogP contribution in [-0.4, -0.2) is 35.8 Å². The molecule has 1 aromatic carbocycles. The first-order valence-corrected chi connectivity index (χ1v) is 9.68. The molecule has 0 saturated carbocycles. The van der Waals surface area contributed by atoms with Gasteiger partial charge in [0.25, 0.3) is 0 Å². The predicted octanol–water partition coefficient (Wildman–Crippen LogP) is 5.01. The number of hydrogen-bond donors (Lipinski definition) is 1. The zero-order valence-electron chi connectivity index (χ0n) is 17.3. The Morgan fingerprint density at radius 1 is 1.04 bits per heavy atom. The predicted molar refractivity (Wildman–Crippen MR) is 111 cm³/mol. The quantitative estimate of drug-likeness (QED) is 0.619. The molecule has 0 aliphatic heterocycles. The average Bonchev–Trinajstić information content (AvgIpc) is 2.66. The topological polar surface area (TPSA) is 71.9 Å². The van der Waals surface area contributed by atoms with Gasteiger partial charge in [0, 0.05) is 24.5 Å². The van der Waals surface area contributed by atoms with Crippen molar-refractivity contribution in [3.63, 3.8) is 0 Å². The third kappa shape index (κ3) is 5.87. The Bertz CT molecular complexity index is 773. The van der Waals surface area contributed by atoms with Gasteiger partial charge in [-0.25, -0.2) is 9.78 Å². The number of pyridine rings is 1. The van der Waals surface area contributed by atoms with E-state index in [1.54, 1.807) is 12.1 Å². The number of hydrogen-bond acceptors (Lipinski definition) is 5. The lowest BCUT2D eigenvalue weighted by Gasteiger charge is -2.24. The molecule has 0 aliphatic rings. The van der Waals surface area contributed by atoms with Crippen LogP contribution in [0.4, 0.5) is 11.5 Å². The van der Waals surface area contributed by atoms with Crippen LogP contribution in [0.15, 0.2) is 36.5 Å². The van der Waals surface area contributed by atoms with Gasteiger partial charge in [-0.3, -0.25) is 0 Å². The van der Waals surface area contributed by atoms with Crippen molar-refractivity contribution in [2.75, 3.05) is 24.7 Å². The highest BCUT2D eigenvalue weighted by atomic mass is 16.5. The third-order valence-electron chi connectivity index (χ3n) is 3.97. The number of aromatic nitrogens is 1. The van der Waals surface area contributed by atoms with Gasteiger partial charge in [-0.1, -0.05) is 27.7 Å². The lowest BCUT2D eigenvalue weighted by molar-refractivity contribution is 0.0696. The Hall–Kier alpha value is -2.76. The second-order valence-electron chi connectivity index (χ2n) is 7.50. The number of ether oxygens (including phenoxy) is 2. The highest BCUT2D eigenvalue weighted by Gasteiger charge is 2.15. The van der Waals surface area contributed by atoms with E-state index in [1.165, 1.54) is 6.20 Å². The molecule has 28 heavy (non-hydrogen) atoms. The second-order valence-corrected chi connectivity index (χ2v) is 7.50. The molecule has 152 valence electrons. The van der Waals surface area contributed by atoms with E-state index in [9.17, 15) is 4.79 Å². The first-order chi connectivity index (χ1) is 13.3. The van der Waals surface area contributed by atoms with Gasteiger partial charge in [0.15, 0.2) is 11.5 Å². The lowest BCUT2D eigenvalue weighted by Crippen LogP contribution is -2.18. The van der Waals surface area contributed by atoms with Crippen molar-refractivity contribution in [3.8, 4) is 11.5 Å². The molecular weight excluding hydrogens is 356 g/mol. The minimum absolute atomic E-state index is 0.165. The molecule has 1 heterocycles. The maximum Gasteiger partial charge on any atom is 0.337 e. The fraction of sp³-hybridized carbons (Fsp3) is 0.455. The van der Waals surface area contributed by atoms with Crippen LogP contribution >= 0.6 is 0 Å². The van der Waals surface area contributed by atoms with E-state index < -0.39 is 5.97 Å². The van der Waals surface area contributed by atoms with Crippen LogP contribution in [0.3, 0.4) is 0 Å². The van der Waals surface area contributed by atoms with Crippen molar-refractivity contribution in [1.29, 1.82) is 0 Å². The van der Waals surface area contributed by atoms with E-state index in [2.05, 4.69) is 32.7 Å². The first-order valence-electron chi connectivity index (χ1n) is 9.68. The summed E-state index contributed by atoms with van der Waals surface area (Å²) in [6, 6.07) is 9.11. The highest BCUT2D eigenvalue weighted by molar-refractivity contribution is 5.87. The van der Waals surface area contributed by atoms with Crippen LogP contribution in [0.5, 0.6) is 11.5 Å². The number of aromatic carboxylic acids is 1. The molecule has 2 rings (SSSR count). The maximum atomic E-state index is 11.1. The molecule has 0 spiro atoms. The Kier molecular flexibility index (Phi) is 7.67. The van der Waals surface area contributed by atoms with Gasteiger partial charge >= 0.3 is 5.97 Å². The molecule has 0 saturated heterocycles. The van der Waals surface area contributed by atoms with Crippen molar-refractivity contribution in [1.82, 2.24) is 4.98 Å². The largest absolute Gasteiger partial charge is 0.489 e. The number of carbonyl (C=O) groups is 1. The normalized spacial score (nSPS) is 11.0. The standard InChI is InChI=1S/C22H30N2O4/c1-6-24(21-10-7-17(12-23-21)22(25)26)18-8-9-19(27-13-15(2)3)20(11-18)28-14-16(4)5/h7-12,15-16H,6,13-14H2,1-5H3,(H,25,26). The molecule has 0 bridgehead atoms. The first kappa shape index (κ1) is 21.5. The van der Waals surface area contributed by atoms with E-state index >= 15 is 0 Å². The highest BCUT2D eigenvalue weighted by Crippen LogP contribution is 2.35. The Balaban J connectivity index is 2.32. The third-order valence-corrected chi connectivity index (χ3v) is 3.97. The molecule has 2 aromatic rings. The molecular formula is C22H30N2O4. The molecule has 1 aromatic heterocycles. The van der Waals surface area contributed by atoms with Crippen molar-refractivity contribution >= 4 is 17.5 Å². The molecule has 0 unspecified atom stereocenters. The number of anilines is 2.